The maximum absolute atomic E-state index is 12.3. The number of aryl methyl sites for hydroxylation is 1. The molecule has 7 nitrogen and oxygen atoms in total. The second-order valence-corrected chi connectivity index (χ2v) is 8.13. The molecule has 0 radical (unpaired) electrons. The molecule has 33 heavy (non-hydrogen) atoms. The number of unbranched alkanes of at least 4 members (excludes halogenated alkanes) is 2. The van der Waals surface area contributed by atoms with Gasteiger partial charge in [0.05, 0.1) is 16.4 Å². The van der Waals surface area contributed by atoms with E-state index in [1.165, 1.54) is 0 Å². The van der Waals surface area contributed by atoms with Gasteiger partial charge in [-0.05, 0) is 60.4 Å². The Hall–Kier alpha value is -3.87. The Bertz CT molecular complexity index is 1310. The van der Waals surface area contributed by atoms with Gasteiger partial charge in [0.15, 0.2) is 6.61 Å². The number of aromatic nitrogens is 2. The quantitative estimate of drug-likeness (QED) is 0.349. The highest BCUT2D eigenvalue weighted by Crippen LogP contribution is 2.39. The van der Waals surface area contributed by atoms with E-state index in [9.17, 15) is 14.7 Å². The van der Waals surface area contributed by atoms with Crippen LogP contribution in [0.1, 0.15) is 47.7 Å². The van der Waals surface area contributed by atoms with E-state index in [1.807, 2.05) is 30.3 Å². The van der Waals surface area contributed by atoms with E-state index in [2.05, 4.69) is 22.5 Å². The van der Waals surface area contributed by atoms with Gasteiger partial charge in [0.1, 0.15) is 5.75 Å². The van der Waals surface area contributed by atoms with Crippen molar-refractivity contribution in [2.45, 2.75) is 39.2 Å². The highest BCUT2D eigenvalue weighted by molar-refractivity contribution is 6.19. The summed E-state index contributed by atoms with van der Waals surface area (Å²) in [6, 6.07) is 13.4. The maximum atomic E-state index is 12.3. The highest BCUT2D eigenvalue weighted by Gasteiger charge is 2.21. The molecule has 7 heteroatoms. The molecular weight excluding hydrogens is 418 g/mol. The normalized spacial score (nSPS) is 11.2. The lowest BCUT2D eigenvalue weighted by molar-refractivity contribution is -0.139. The fraction of sp³-hybridized carbons (Fsp3) is 0.269. The SMILES string of the molecule is CCCCCc1cc(OCC(=O)O)c2c3c(C(N)=O)cccc3n(Cc3ccncc3)c2c1. The first-order valence-corrected chi connectivity index (χ1v) is 11.1. The zero-order valence-electron chi connectivity index (χ0n) is 18.6. The van der Waals surface area contributed by atoms with Crippen molar-refractivity contribution in [3.63, 3.8) is 0 Å². The van der Waals surface area contributed by atoms with Gasteiger partial charge >= 0.3 is 5.97 Å². The number of pyridine rings is 1. The predicted octanol–water partition coefficient (Wildman–Crippen LogP) is 4.53. The number of carbonyl (C=O) groups excluding carboxylic acids is 1. The molecule has 2 aromatic heterocycles. The summed E-state index contributed by atoms with van der Waals surface area (Å²) < 4.78 is 7.89. The van der Waals surface area contributed by atoms with Gasteiger partial charge < -0.3 is 20.1 Å². The summed E-state index contributed by atoms with van der Waals surface area (Å²) in [5.41, 5.74) is 9.94. The van der Waals surface area contributed by atoms with Crippen LogP contribution in [0.25, 0.3) is 21.8 Å². The summed E-state index contributed by atoms with van der Waals surface area (Å²) in [5.74, 6) is -1.15. The van der Waals surface area contributed by atoms with Crippen molar-refractivity contribution >= 4 is 33.7 Å². The molecule has 170 valence electrons. The van der Waals surface area contributed by atoms with Crippen LogP contribution in [-0.2, 0) is 17.8 Å². The molecule has 0 aliphatic carbocycles. The van der Waals surface area contributed by atoms with E-state index in [0.717, 1.165) is 47.8 Å². The molecule has 2 heterocycles. The number of benzene rings is 2. The molecule has 0 saturated carbocycles. The molecule has 0 fully saturated rings. The molecule has 0 aliphatic rings. The Labute approximate surface area is 191 Å². The number of carbonyl (C=O) groups is 2. The minimum atomic E-state index is -1.06. The largest absolute Gasteiger partial charge is 0.481 e. The molecule has 0 bridgehead atoms. The average Bonchev–Trinajstić information content (AvgIpc) is 3.12. The Kier molecular flexibility index (Phi) is 6.58. The monoisotopic (exact) mass is 445 g/mol. The van der Waals surface area contributed by atoms with Crippen LogP contribution in [0.2, 0.25) is 0 Å². The van der Waals surface area contributed by atoms with Crippen molar-refractivity contribution in [1.82, 2.24) is 9.55 Å². The summed E-state index contributed by atoms with van der Waals surface area (Å²) in [7, 11) is 0. The van der Waals surface area contributed by atoms with Crippen molar-refractivity contribution in [2.75, 3.05) is 6.61 Å². The van der Waals surface area contributed by atoms with E-state index in [4.69, 9.17) is 10.5 Å². The summed E-state index contributed by atoms with van der Waals surface area (Å²) >= 11 is 0. The van der Waals surface area contributed by atoms with Crippen molar-refractivity contribution in [3.8, 4) is 5.75 Å². The van der Waals surface area contributed by atoms with Gasteiger partial charge in [-0.15, -0.1) is 0 Å². The molecule has 0 aliphatic heterocycles. The van der Waals surface area contributed by atoms with Crippen LogP contribution in [0.3, 0.4) is 0 Å². The number of carboxylic acids is 1. The molecule has 4 rings (SSSR count). The van der Waals surface area contributed by atoms with E-state index < -0.39 is 18.5 Å². The molecule has 0 saturated heterocycles. The number of amides is 1. The first kappa shape index (κ1) is 22.3. The summed E-state index contributed by atoms with van der Waals surface area (Å²) in [6.45, 7) is 2.24. The van der Waals surface area contributed by atoms with Crippen LogP contribution in [0.15, 0.2) is 54.9 Å². The topological polar surface area (TPSA) is 107 Å². The van der Waals surface area contributed by atoms with Gasteiger partial charge in [0.25, 0.3) is 0 Å². The number of primary amides is 1. The van der Waals surface area contributed by atoms with Gasteiger partial charge in [0.2, 0.25) is 5.91 Å². The van der Waals surface area contributed by atoms with Crippen LogP contribution in [0, 0.1) is 0 Å². The third-order valence-corrected chi connectivity index (χ3v) is 5.79. The second kappa shape index (κ2) is 9.73. The van der Waals surface area contributed by atoms with Crippen molar-refractivity contribution < 1.29 is 19.4 Å². The number of hydrogen-bond donors (Lipinski definition) is 2. The molecule has 2 aromatic carbocycles. The number of nitrogens with zero attached hydrogens (tertiary/aromatic N) is 2. The van der Waals surface area contributed by atoms with E-state index in [-0.39, 0.29) is 0 Å². The Morgan fingerprint density at radius 3 is 2.52 bits per heavy atom. The Balaban J connectivity index is 2.01. The number of ether oxygens (including phenoxy) is 1. The maximum Gasteiger partial charge on any atom is 0.341 e. The standard InChI is InChI=1S/C26H27N3O4/c1-2-3-4-6-18-13-21-25(22(14-18)33-16-23(30)31)24-19(26(27)32)7-5-8-20(24)29(21)15-17-9-11-28-12-10-17/h5,7-14H,2-4,6,15-16H2,1H3,(H2,27,32)(H,30,31). The third kappa shape index (κ3) is 4.67. The fourth-order valence-electron chi connectivity index (χ4n) is 4.30. The van der Waals surface area contributed by atoms with Crippen LogP contribution in [-0.4, -0.2) is 33.1 Å². The second-order valence-electron chi connectivity index (χ2n) is 8.13. The van der Waals surface area contributed by atoms with Gasteiger partial charge in [-0.3, -0.25) is 9.78 Å². The van der Waals surface area contributed by atoms with Crippen LogP contribution in [0.4, 0.5) is 0 Å². The minimum Gasteiger partial charge on any atom is -0.481 e. The average molecular weight is 446 g/mol. The number of nitrogens with two attached hydrogens (primary N) is 1. The molecule has 0 spiro atoms. The number of aliphatic carboxylic acids is 1. The van der Waals surface area contributed by atoms with E-state index >= 15 is 0 Å². The third-order valence-electron chi connectivity index (χ3n) is 5.79. The Morgan fingerprint density at radius 1 is 1.03 bits per heavy atom. The highest BCUT2D eigenvalue weighted by atomic mass is 16.5. The van der Waals surface area contributed by atoms with Crippen molar-refractivity contribution in [3.05, 3.63) is 71.5 Å². The number of carboxylic acid groups (broad SMARTS) is 1. The van der Waals surface area contributed by atoms with Gasteiger partial charge in [0, 0.05) is 29.9 Å². The summed E-state index contributed by atoms with van der Waals surface area (Å²) in [6.07, 6.45) is 7.58. The lowest BCUT2D eigenvalue weighted by Crippen LogP contribution is -2.12. The lowest BCUT2D eigenvalue weighted by Gasteiger charge is -2.12. The molecular formula is C26H27N3O4. The number of hydrogen-bond acceptors (Lipinski definition) is 4. The first-order chi connectivity index (χ1) is 16.0. The van der Waals surface area contributed by atoms with E-state index in [0.29, 0.717) is 28.6 Å². The summed E-state index contributed by atoms with van der Waals surface area (Å²) in [4.78, 5) is 27.7. The molecule has 0 unspecified atom stereocenters. The van der Waals surface area contributed by atoms with Crippen molar-refractivity contribution in [1.29, 1.82) is 0 Å². The molecule has 0 atom stereocenters. The molecule has 4 aromatic rings. The number of rotatable bonds is 10. The predicted molar refractivity (Wildman–Crippen MR) is 128 cm³/mol. The van der Waals surface area contributed by atoms with Crippen LogP contribution >= 0.6 is 0 Å². The van der Waals surface area contributed by atoms with Crippen LogP contribution in [0.5, 0.6) is 5.75 Å². The lowest BCUT2D eigenvalue weighted by atomic mass is 10.0. The molecule has 3 N–H and O–H groups in total. The van der Waals surface area contributed by atoms with Crippen LogP contribution < -0.4 is 10.5 Å². The van der Waals surface area contributed by atoms with Gasteiger partial charge in [-0.1, -0.05) is 25.8 Å². The molecule has 1 amide bonds. The van der Waals surface area contributed by atoms with Gasteiger partial charge in [-0.2, -0.15) is 0 Å². The zero-order valence-corrected chi connectivity index (χ0v) is 18.6. The van der Waals surface area contributed by atoms with Gasteiger partial charge in [-0.25, -0.2) is 4.79 Å². The zero-order chi connectivity index (χ0) is 23.4. The van der Waals surface area contributed by atoms with E-state index in [1.54, 1.807) is 18.5 Å². The smallest absolute Gasteiger partial charge is 0.341 e. The Morgan fingerprint density at radius 2 is 1.82 bits per heavy atom. The fourth-order valence-corrected chi connectivity index (χ4v) is 4.30. The number of fused-ring (bicyclic) bond motifs is 3. The first-order valence-electron chi connectivity index (χ1n) is 11.1. The van der Waals surface area contributed by atoms with Crippen molar-refractivity contribution in [2.24, 2.45) is 5.73 Å². The minimum absolute atomic E-state index is 0.380. The summed E-state index contributed by atoms with van der Waals surface area (Å²) in [5, 5.41) is 10.6.